The summed E-state index contributed by atoms with van der Waals surface area (Å²) in [5.74, 6) is -0.437. The molecule has 1 aliphatic carbocycles. The quantitative estimate of drug-likeness (QED) is 0.618. The van der Waals surface area contributed by atoms with Crippen LogP contribution >= 0.6 is 23.2 Å². The second-order valence-corrected chi connectivity index (χ2v) is 7.87. The molecule has 30 heavy (non-hydrogen) atoms. The molecule has 0 bridgehead atoms. The third kappa shape index (κ3) is 3.91. The molecule has 3 aromatic rings. The summed E-state index contributed by atoms with van der Waals surface area (Å²) in [6.45, 7) is 2.25. The van der Waals surface area contributed by atoms with Crippen LogP contribution in [0.4, 0.5) is 5.82 Å². The first-order valence-corrected chi connectivity index (χ1v) is 10.2. The summed E-state index contributed by atoms with van der Waals surface area (Å²) in [6, 6.07) is 6.20. The second kappa shape index (κ2) is 8.08. The fourth-order valence-electron chi connectivity index (χ4n) is 3.14. The van der Waals surface area contributed by atoms with Gasteiger partial charge in [-0.1, -0.05) is 23.2 Å². The molecule has 1 aliphatic rings. The molecular formula is C21H18Cl2N4O3. The van der Waals surface area contributed by atoms with Crippen LogP contribution in [0.15, 0.2) is 36.7 Å². The normalized spacial score (nSPS) is 13.3. The number of fused-ring (bicyclic) bond motifs is 1. The largest absolute Gasteiger partial charge is 0.352 e. The van der Waals surface area contributed by atoms with Crippen LogP contribution in [0.3, 0.4) is 0 Å². The molecule has 0 unspecified atom stereocenters. The summed E-state index contributed by atoms with van der Waals surface area (Å²) in [7, 11) is 0. The number of carbonyl (C=O) groups excluding carboxylic acids is 3. The van der Waals surface area contributed by atoms with Crippen molar-refractivity contribution >= 4 is 57.6 Å². The molecular weight excluding hydrogens is 427 g/mol. The molecule has 2 heterocycles. The van der Waals surface area contributed by atoms with Crippen molar-refractivity contribution in [3.05, 3.63) is 57.8 Å². The predicted molar refractivity (Wildman–Crippen MR) is 115 cm³/mol. The highest BCUT2D eigenvalue weighted by molar-refractivity contribution is 6.40. The van der Waals surface area contributed by atoms with E-state index in [2.05, 4.69) is 15.6 Å². The monoisotopic (exact) mass is 444 g/mol. The first-order chi connectivity index (χ1) is 14.4. The molecule has 1 saturated carbocycles. The van der Waals surface area contributed by atoms with Gasteiger partial charge in [-0.05, 0) is 38.0 Å². The summed E-state index contributed by atoms with van der Waals surface area (Å²) in [4.78, 5) is 41.5. The summed E-state index contributed by atoms with van der Waals surface area (Å²) in [6.07, 6.45) is 4.94. The average molecular weight is 445 g/mol. The van der Waals surface area contributed by atoms with Gasteiger partial charge in [0.25, 0.3) is 11.8 Å². The zero-order valence-electron chi connectivity index (χ0n) is 16.0. The van der Waals surface area contributed by atoms with Crippen molar-refractivity contribution in [1.82, 2.24) is 14.9 Å². The number of amides is 2. The smallest absolute Gasteiger partial charge is 0.265 e. The maximum absolute atomic E-state index is 13.2. The fourth-order valence-corrected chi connectivity index (χ4v) is 3.79. The van der Waals surface area contributed by atoms with Gasteiger partial charge < -0.3 is 10.6 Å². The van der Waals surface area contributed by atoms with Crippen molar-refractivity contribution in [2.75, 3.05) is 11.9 Å². The Morgan fingerprint density at radius 2 is 1.87 bits per heavy atom. The van der Waals surface area contributed by atoms with E-state index in [0.29, 0.717) is 17.9 Å². The van der Waals surface area contributed by atoms with E-state index in [4.69, 9.17) is 23.2 Å². The molecule has 0 atom stereocenters. The van der Waals surface area contributed by atoms with E-state index in [0.717, 1.165) is 18.2 Å². The molecule has 0 radical (unpaired) electrons. The average Bonchev–Trinajstić information content (AvgIpc) is 3.47. The molecule has 1 fully saturated rings. The molecule has 4 rings (SSSR count). The van der Waals surface area contributed by atoms with Gasteiger partial charge in [-0.15, -0.1) is 0 Å². The van der Waals surface area contributed by atoms with Crippen molar-refractivity contribution in [1.29, 1.82) is 0 Å². The van der Waals surface area contributed by atoms with Crippen LogP contribution in [0.25, 0.3) is 10.9 Å². The number of hydrogen-bond donors (Lipinski definition) is 2. The Morgan fingerprint density at radius 3 is 2.50 bits per heavy atom. The standard InChI is InChI=1S/C21H18Cl2N4O3/c1-2-24-19(28)13-7-14(22)18(15(23)8-13)21(30)27-6-5-12-10-25-17(9-16(12)27)26-20(29)11-3-4-11/h5-11H,2-4H2,1H3,(H,24,28)(H,25,26,29). The van der Waals surface area contributed by atoms with Gasteiger partial charge in [-0.2, -0.15) is 0 Å². The number of pyridine rings is 1. The van der Waals surface area contributed by atoms with Crippen LogP contribution in [-0.4, -0.2) is 33.8 Å². The Labute approximate surface area is 182 Å². The highest BCUT2D eigenvalue weighted by Gasteiger charge is 2.30. The molecule has 0 saturated heterocycles. The van der Waals surface area contributed by atoms with E-state index in [1.165, 1.54) is 16.7 Å². The molecule has 154 valence electrons. The molecule has 7 nitrogen and oxygen atoms in total. The second-order valence-electron chi connectivity index (χ2n) is 7.06. The molecule has 2 N–H and O–H groups in total. The van der Waals surface area contributed by atoms with Crippen molar-refractivity contribution in [3.8, 4) is 0 Å². The number of halogens is 2. The van der Waals surface area contributed by atoms with E-state index in [9.17, 15) is 14.4 Å². The van der Waals surface area contributed by atoms with E-state index in [1.807, 2.05) is 0 Å². The maximum atomic E-state index is 13.2. The minimum atomic E-state index is -0.451. The molecule has 9 heteroatoms. The van der Waals surface area contributed by atoms with Gasteiger partial charge in [-0.3, -0.25) is 19.0 Å². The van der Waals surface area contributed by atoms with E-state index in [1.54, 1.807) is 31.5 Å². The first-order valence-electron chi connectivity index (χ1n) is 9.49. The Kier molecular flexibility index (Phi) is 5.49. The number of anilines is 1. The molecule has 0 spiro atoms. The third-order valence-corrected chi connectivity index (χ3v) is 5.44. The van der Waals surface area contributed by atoms with Crippen LogP contribution in [0, 0.1) is 5.92 Å². The molecule has 2 amide bonds. The highest BCUT2D eigenvalue weighted by Crippen LogP contribution is 2.31. The van der Waals surface area contributed by atoms with Gasteiger partial charge in [0.15, 0.2) is 0 Å². The van der Waals surface area contributed by atoms with Crippen LogP contribution in [-0.2, 0) is 4.79 Å². The van der Waals surface area contributed by atoms with Crippen LogP contribution in [0.5, 0.6) is 0 Å². The van der Waals surface area contributed by atoms with Crippen LogP contribution in [0.2, 0.25) is 10.0 Å². The Hall–Kier alpha value is -2.90. The van der Waals surface area contributed by atoms with Gasteiger partial charge in [0.1, 0.15) is 5.82 Å². The van der Waals surface area contributed by atoms with Crippen molar-refractivity contribution in [2.45, 2.75) is 19.8 Å². The minimum Gasteiger partial charge on any atom is -0.352 e. The molecule has 1 aromatic carbocycles. The number of hydrogen-bond acceptors (Lipinski definition) is 4. The van der Waals surface area contributed by atoms with Gasteiger partial charge in [0.2, 0.25) is 5.91 Å². The number of aromatic nitrogens is 2. The van der Waals surface area contributed by atoms with Crippen LogP contribution < -0.4 is 10.6 Å². The fraction of sp³-hybridized carbons (Fsp3) is 0.238. The van der Waals surface area contributed by atoms with E-state index >= 15 is 0 Å². The number of benzene rings is 1. The Bertz CT molecular complexity index is 1160. The van der Waals surface area contributed by atoms with Gasteiger partial charge in [0, 0.05) is 41.9 Å². The first kappa shape index (κ1) is 20.4. The highest BCUT2D eigenvalue weighted by atomic mass is 35.5. The Morgan fingerprint density at radius 1 is 1.17 bits per heavy atom. The van der Waals surface area contributed by atoms with Crippen molar-refractivity contribution in [3.63, 3.8) is 0 Å². The zero-order valence-corrected chi connectivity index (χ0v) is 17.5. The molecule has 2 aromatic heterocycles. The topological polar surface area (TPSA) is 93.1 Å². The Balaban J connectivity index is 1.69. The summed E-state index contributed by atoms with van der Waals surface area (Å²) < 4.78 is 1.39. The summed E-state index contributed by atoms with van der Waals surface area (Å²) in [5.41, 5.74) is 0.917. The summed E-state index contributed by atoms with van der Waals surface area (Å²) in [5, 5.41) is 6.31. The lowest BCUT2D eigenvalue weighted by molar-refractivity contribution is -0.117. The lowest BCUT2D eigenvalue weighted by atomic mass is 10.1. The van der Waals surface area contributed by atoms with Crippen molar-refractivity contribution < 1.29 is 14.4 Å². The van der Waals surface area contributed by atoms with E-state index < -0.39 is 5.91 Å². The lowest BCUT2D eigenvalue weighted by Gasteiger charge is -2.11. The number of carbonyl (C=O) groups is 3. The van der Waals surface area contributed by atoms with Gasteiger partial charge in [0.05, 0.1) is 21.1 Å². The third-order valence-electron chi connectivity index (χ3n) is 4.85. The zero-order chi connectivity index (χ0) is 21.4. The molecule has 0 aliphatic heterocycles. The lowest BCUT2D eigenvalue weighted by Crippen LogP contribution is -2.23. The van der Waals surface area contributed by atoms with Crippen LogP contribution in [0.1, 0.15) is 40.5 Å². The number of nitrogens with one attached hydrogen (secondary N) is 2. The van der Waals surface area contributed by atoms with Crippen molar-refractivity contribution in [2.24, 2.45) is 5.92 Å². The predicted octanol–water partition coefficient (Wildman–Crippen LogP) is 4.13. The SMILES string of the molecule is CCNC(=O)c1cc(Cl)c(C(=O)n2ccc3cnc(NC(=O)C4CC4)cc32)c(Cl)c1. The summed E-state index contributed by atoms with van der Waals surface area (Å²) >= 11 is 12.6. The van der Waals surface area contributed by atoms with Gasteiger partial charge in [-0.25, -0.2) is 4.98 Å². The van der Waals surface area contributed by atoms with Gasteiger partial charge >= 0.3 is 0 Å². The van der Waals surface area contributed by atoms with E-state index in [-0.39, 0.29) is 38.9 Å². The number of nitrogens with zero attached hydrogens (tertiary/aromatic N) is 2. The number of rotatable bonds is 5. The minimum absolute atomic E-state index is 0.0388. The maximum Gasteiger partial charge on any atom is 0.265 e.